The lowest BCUT2D eigenvalue weighted by Crippen LogP contribution is -2.07. The van der Waals surface area contributed by atoms with Crippen LogP contribution in [-0.4, -0.2) is 12.4 Å². The maximum absolute atomic E-state index is 11.6. The maximum atomic E-state index is 11.6. The van der Waals surface area contributed by atoms with Gasteiger partial charge in [-0.25, -0.2) is 0 Å². The van der Waals surface area contributed by atoms with Crippen LogP contribution < -0.4 is 0 Å². The van der Waals surface area contributed by atoms with Gasteiger partial charge in [0.1, 0.15) is 0 Å². The van der Waals surface area contributed by atoms with Crippen molar-refractivity contribution in [3.05, 3.63) is 11.8 Å². The highest BCUT2D eigenvalue weighted by molar-refractivity contribution is 5.95. The maximum Gasteiger partial charge on any atom is 0.162 e. The molecule has 0 saturated heterocycles. The minimum Gasteiger partial charge on any atom is -0.500 e. The Morgan fingerprint density at radius 1 is 1.67 bits per heavy atom. The Hall–Kier alpha value is -0.790. The normalized spacial score (nSPS) is 24.6. The van der Waals surface area contributed by atoms with Crippen LogP contribution in [0.5, 0.6) is 0 Å². The van der Waals surface area contributed by atoms with Crippen LogP contribution in [0.3, 0.4) is 0 Å². The van der Waals surface area contributed by atoms with Crippen molar-refractivity contribution in [1.29, 1.82) is 0 Å². The summed E-state index contributed by atoms with van der Waals surface area (Å²) in [5, 5.41) is 0. The molecule has 0 aromatic rings. The second-order valence-electron chi connectivity index (χ2n) is 4.17. The van der Waals surface area contributed by atoms with Gasteiger partial charge in [0.2, 0.25) is 0 Å². The molecule has 0 amide bonds. The fraction of sp³-hybridized carbons (Fsp3) is 0.700. The molecule has 1 aliphatic heterocycles. The Kier molecular flexibility index (Phi) is 1.71. The van der Waals surface area contributed by atoms with Crippen molar-refractivity contribution in [3.8, 4) is 0 Å². The van der Waals surface area contributed by atoms with Gasteiger partial charge in [0.15, 0.2) is 5.78 Å². The van der Waals surface area contributed by atoms with E-state index in [1.54, 1.807) is 6.26 Å². The molecule has 2 aliphatic rings. The van der Waals surface area contributed by atoms with Crippen LogP contribution in [0.1, 0.15) is 32.6 Å². The molecule has 2 heteroatoms. The molecule has 0 aromatic carbocycles. The molecule has 2 nitrogen and oxygen atoms in total. The molecular weight excluding hydrogens is 152 g/mol. The molecule has 0 spiro atoms. The highest BCUT2D eigenvalue weighted by Crippen LogP contribution is 2.48. The summed E-state index contributed by atoms with van der Waals surface area (Å²) >= 11 is 0. The summed E-state index contributed by atoms with van der Waals surface area (Å²) in [6, 6.07) is 0. The van der Waals surface area contributed by atoms with Crippen molar-refractivity contribution >= 4 is 5.78 Å². The zero-order chi connectivity index (χ0) is 8.60. The zero-order valence-corrected chi connectivity index (χ0v) is 7.43. The van der Waals surface area contributed by atoms with Crippen LogP contribution in [0.2, 0.25) is 0 Å². The van der Waals surface area contributed by atoms with Gasteiger partial charge in [-0.1, -0.05) is 6.92 Å². The monoisotopic (exact) mass is 166 g/mol. The summed E-state index contributed by atoms with van der Waals surface area (Å²) in [6.07, 6.45) is 5.60. The Morgan fingerprint density at radius 3 is 2.92 bits per heavy atom. The largest absolute Gasteiger partial charge is 0.500 e. The topological polar surface area (TPSA) is 26.3 Å². The predicted molar refractivity (Wildman–Crippen MR) is 45.6 cm³/mol. The summed E-state index contributed by atoms with van der Waals surface area (Å²) in [4.78, 5) is 11.6. The van der Waals surface area contributed by atoms with Crippen molar-refractivity contribution in [2.24, 2.45) is 5.41 Å². The SMILES string of the molecule is CC1(CC(=O)C2=COCC2)CC1. The second kappa shape index (κ2) is 2.61. The average molecular weight is 166 g/mol. The Labute approximate surface area is 72.6 Å². The molecule has 0 atom stereocenters. The van der Waals surface area contributed by atoms with Crippen LogP contribution in [0.25, 0.3) is 0 Å². The van der Waals surface area contributed by atoms with E-state index in [-0.39, 0.29) is 0 Å². The minimum atomic E-state index is 0.299. The number of ketones is 1. The van der Waals surface area contributed by atoms with Crippen molar-refractivity contribution in [2.75, 3.05) is 6.61 Å². The van der Waals surface area contributed by atoms with Gasteiger partial charge in [-0.2, -0.15) is 0 Å². The molecule has 1 aliphatic carbocycles. The molecule has 1 saturated carbocycles. The number of carbonyl (C=O) groups excluding carboxylic acids is 1. The van der Waals surface area contributed by atoms with E-state index in [9.17, 15) is 4.79 Å². The Balaban J connectivity index is 1.91. The molecule has 66 valence electrons. The number of carbonyl (C=O) groups is 1. The number of Topliss-reactive ketones (excluding diaryl/α,β-unsaturated/α-hetero) is 1. The Bertz CT molecular complexity index is 236. The van der Waals surface area contributed by atoms with Crippen LogP contribution in [0, 0.1) is 5.41 Å². The first-order valence-corrected chi connectivity index (χ1v) is 4.53. The highest BCUT2D eigenvalue weighted by atomic mass is 16.5. The molecule has 1 heterocycles. The third kappa shape index (κ3) is 1.52. The predicted octanol–water partition coefficient (Wildman–Crippen LogP) is 2.05. The summed E-state index contributed by atoms with van der Waals surface area (Å²) in [6.45, 7) is 2.87. The Morgan fingerprint density at radius 2 is 2.42 bits per heavy atom. The number of hydrogen-bond donors (Lipinski definition) is 0. The van der Waals surface area contributed by atoms with Crippen LogP contribution in [0.4, 0.5) is 0 Å². The minimum absolute atomic E-state index is 0.299. The molecule has 0 aromatic heterocycles. The third-order valence-electron chi connectivity index (χ3n) is 2.76. The van der Waals surface area contributed by atoms with Crippen molar-refractivity contribution in [3.63, 3.8) is 0 Å². The lowest BCUT2D eigenvalue weighted by Gasteiger charge is -2.05. The first kappa shape index (κ1) is 7.84. The number of hydrogen-bond acceptors (Lipinski definition) is 2. The standard InChI is InChI=1S/C10H14O2/c1-10(3-4-10)6-9(11)8-2-5-12-7-8/h7H,2-6H2,1H3. The first-order chi connectivity index (χ1) is 5.70. The molecule has 0 N–H and O–H groups in total. The smallest absolute Gasteiger partial charge is 0.162 e. The lowest BCUT2D eigenvalue weighted by atomic mass is 9.97. The van der Waals surface area contributed by atoms with E-state index >= 15 is 0 Å². The fourth-order valence-corrected chi connectivity index (χ4v) is 1.48. The molecule has 0 bridgehead atoms. The summed E-state index contributed by atoms with van der Waals surface area (Å²) in [5.41, 5.74) is 1.23. The van der Waals surface area contributed by atoms with E-state index in [4.69, 9.17) is 4.74 Å². The average Bonchev–Trinajstić information content (AvgIpc) is 2.55. The van der Waals surface area contributed by atoms with Crippen molar-refractivity contribution in [1.82, 2.24) is 0 Å². The molecule has 0 unspecified atom stereocenters. The van der Waals surface area contributed by atoms with Gasteiger partial charge in [0, 0.05) is 18.4 Å². The van der Waals surface area contributed by atoms with E-state index in [0.717, 1.165) is 18.4 Å². The van der Waals surface area contributed by atoms with E-state index in [0.29, 0.717) is 17.8 Å². The van der Waals surface area contributed by atoms with Gasteiger partial charge in [-0.15, -0.1) is 0 Å². The summed E-state index contributed by atoms with van der Waals surface area (Å²) < 4.78 is 5.03. The van der Waals surface area contributed by atoms with Crippen LogP contribution in [-0.2, 0) is 9.53 Å². The van der Waals surface area contributed by atoms with E-state index in [1.807, 2.05) is 0 Å². The quantitative estimate of drug-likeness (QED) is 0.641. The van der Waals surface area contributed by atoms with E-state index < -0.39 is 0 Å². The van der Waals surface area contributed by atoms with E-state index in [2.05, 4.69) is 6.92 Å². The van der Waals surface area contributed by atoms with Gasteiger partial charge in [-0.05, 0) is 18.3 Å². The van der Waals surface area contributed by atoms with Gasteiger partial charge in [0.05, 0.1) is 12.9 Å². The summed E-state index contributed by atoms with van der Waals surface area (Å²) in [5.74, 6) is 0.299. The first-order valence-electron chi connectivity index (χ1n) is 4.53. The molecular formula is C10H14O2. The van der Waals surface area contributed by atoms with Gasteiger partial charge in [-0.3, -0.25) is 4.79 Å². The highest BCUT2D eigenvalue weighted by Gasteiger charge is 2.39. The van der Waals surface area contributed by atoms with Gasteiger partial charge >= 0.3 is 0 Å². The molecule has 0 radical (unpaired) electrons. The molecule has 2 rings (SSSR count). The molecule has 1 fully saturated rings. The van der Waals surface area contributed by atoms with Crippen molar-refractivity contribution in [2.45, 2.75) is 32.6 Å². The lowest BCUT2D eigenvalue weighted by molar-refractivity contribution is -0.116. The fourth-order valence-electron chi connectivity index (χ4n) is 1.48. The van der Waals surface area contributed by atoms with Crippen LogP contribution in [0.15, 0.2) is 11.8 Å². The van der Waals surface area contributed by atoms with Gasteiger partial charge in [0.25, 0.3) is 0 Å². The zero-order valence-electron chi connectivity index (χ0n) is 7.43. The second-order valence-corrected chi connectivity index (χ2v) is 4.17. The van der Waals surface area contributed by atoms with Crippen molar-refractivity contribution < 1.29 is 9.53 Å². The van der Waals surface area contributed by atoms with Gasteiger partial charge < -0.3 is 4.74 Å². The van der Waals surface area contributed by atoms with Crippen LogP contribution >= 0.6 is 0 Å². The number of ether oxygens (including phenoxy) is 1. The van der Waals surface area contributed by atoms with E-state index in [1.165, 1.54) is 12.8 Å². The third-order valence-corrected chi connectivity index (χ3v) is 2.76. The number of rotatable bonds is 3. The summed E-state index contributed by atoms with van der Waals surface area (Å²) in [7, 11) is 0. The molecule has 12 heavy (non-hydrogen) atoms.